The van der Waals surface area contributed by atoms with Crippen LogP contribution in [-0.2, 0) is 17.7 Å². The molecule has 2 aromatic carbocycles. The van der Waals surface area contributed by atoms with Crippen molar-refractivity contribution in [3.8, 4) is 0 Å². The van der Waals surface area contributed by atoms with Crippen LogP contribution < -0.4 is 4.90 Å². The summed E-state index contributed by atoms with van der Waals surface area (Å²) in [5, 5.41) is 0. The van der Waals surface area contributed by atoms with Crippen LogP contribution in [0, 0.1) is 5.82 Å². The average molecular weight is 420 g/mol. The van der Waals surface area contributed by atoms with Crippen molar-refractivity contribution in [3.63, 3.8) is 0 Å². The standard InChI is InChI=1S/C25H25FN2O3/c1-25(2,3)31-24(30)28(17-18-7-5-4-6-8-18)23-16-19(13-14-27-23)15-22(29)20-9-11-21(26)12-10-20/h4-14,16H,15,17H2,1-3H3. The fourth-order valence-corrected chi connectivity index (χ4v) is 2.96. The van der Waals surface area contributed by atoms with E-state index in [2.05, 4.69) is 4.98 Å². The van der Waals surface area contributed by atoms with E-state index >= 15 is 0 Å². The molecule has 0 saturated carbocycles. The van der Waals surface area contributed by atoms with E-state index in [1.165, 1.54) is 29.2 Å². The maximum atomic E-state index is 13.1. The number of hydrogen-bond acceptors (Lipinski definition) is 4. The van der Waals surface area contributed by atoms with Gasteiger partial charge in [0, 0.05) is 18.2 Å². The molecule has 31 heavy (non-hydrogen) atoms. The van der Waals surface area contributed by atoms with Crippen molar-refractivity contribution in [2.45, 2.75) is 39.3 Å². The minimum absolute atomic E-state index is 0.106. The Kier molecular flexibility index (Phi) is 6.80. The third-order valence-electron chi connectivity index (χ3n) is 4.41. The highest BCUT2D eigenvalue weighted by Crippen LogP contribution is 2.21. The summed E-state index contributed by atoms with van der Waals surface area (Å²) >= 11 is 0. The zero-order chi connectivity index (χ0) is 22.4. The summed E-state index contributed by atoms with van der Waals surface area (Å²) in [6.45, 7) is 5.68. The molecule has 0 N–H and O–H groups in total. The number of rotatable bonds is 6. The van der Waals surface area contributed by atoms with Gasteiger partial charge in [-0.1, -0.05) is 30.3 Å². The SMILES string of the molecule is CC(C)(C)OC(=O)N(Cc1ccccc1)c1cc(CC(=O)c2ccc(F)cc2)ccn1. The Hall–Kier alpha value is -3.54. The molecule has 0 bridgehead atoms. The van der Waals surface area contributed by atoms with Crippen molar-refractivity contribution in [2.75, 3.05) is 4.90 Å². The highest BCUT2D eigenvalue weighted by atomic mass is 19.1. The Bertz CT molecular complexity index is 1040. The number of anilines is 1. The Balaban J connectivity index is 1.85. The monoisotopic (exact) mass is 420 g/mol. The van der Waals surface area contributed by atoms with E-state index < -0.39 is 17.5 Å². The Morgan fingerprint density at radius 3 is 2.29 bits per heavy atom. The lowest BCUT2D eigenvalue weighted by molar-refractivity contribution is 0.0576. The number of pyridine rings is 1. The minimum Gasteiger partial charge on any atom is -0.443 e. The number of ketones is 1. The Morgan fingerprint density at radius 1 is 0.968 bits per heavy atom. The van der Waals surface area contributed by atoms with Crippen LogP contribution in [0.15, 0.2) is 72.9 Å². The predicted octanol–water partition coefficient (Wildman–Crippen LogP) is 5.59. The summed E-state index contributed by atoms with van der Waals surface area (Å²) in [6.07, 6.45) is 1.14. The Labute approximate surface area is 181 Å². The molecule has 0 fully saturated rings. The first-order valence-electron chi connectivity index (χ1n) is 9.99. The number of benzene rings is 2. The normalized spacial score (nSPS) is 11.1. The van der Waals surface area contributed by atoms with Crippen LogP contribution in [0.4, 0.5) is 15.0 Å². The first-order valence-corrected chi connectivity index (χ1v) is 9.99. The van der Waals surface area contributed by atoms with Crippen molar-refractivity contribution in [3.05, 3.63) is 95.4 Å². The van der Waals surface area contributed by atoms with E-state index in [1.54, 1.807) is 39.1 Å². The van der Waals surface area contributed by atoms with E-state index in [4.69, 9.17) is 4.74 Å². The molecule has 3 rings (SSSR count). The van der Waals surface area contributed by atoms with Crippen LogP contribution in [0.2, 0.25) is 0 Å². The van der Waals surface area contributed by atoms with Crippen LogP contribution in [-0.4, -0.2) is 22.5 Å². The summed E-state index contributed by atoms with van der Waals surface area (Å²) in [7, 11) is 0. The number of Topliss-reactive ketones (excluding diaryl/α,β-unsaturated/α-hetero) is 1. The molecular weight excluding hydrogens is 395 g/mol. The van der Waals surface area contributed by atoms with Gasteiger partial charge in [-0.25, -0.2) is 14.2 Å². The summed E-state index contributed by atoms with van der Waals surface area (Å²) in [5.74, 6) is -0.150. The molecule has 6 heteroatoms. The smallest absolute Gasteiger partial charge is 0.416 e. The van der Waals surface area contributed by atoms with Gasteiger partial charge in [0.2, 0.25) is 0 Å². The van der Waals surface area contributed by atoms with Crippen LogP contribution in [0.5, 0.6) is 0 Å². The molecule has 1 heterocycles. The van der Waals surface area contributed by atoms with Gasteiger partial charge in [-0.3, -0.25) is 9.69 Å². The summed E-state index contributed by atoms with van der Waals surface area (Å²) < 4.78 is 18.7. The van der Waals surface area contributed by atoms with Gasteiger partial charge in [-0.2, -0.15) is 0 Å². The van der Waals surface area contributed by atoms with Crippen LogP contribution in [0.25, 0.3) is 0 Å². The molecule has 0 saturated heterocycles. The average Bonchev–Trinajstić information content (AvgIpc) is 2.72. The number of hydrogen-bond donors (Lipinski definition) is 0. The molecule has 0 radical (unpaired) electrons. The fraction of sp³-hybridized carbons (Fsp3) is 0.240. The number of nitrogens with zero attached hydrogens (tertiary/aromatic N) is 2. The molecule has 3 aromatic rings. The maximum absolute atomic E-state index is 13.1. The molecule has 0 aliphatic heterocycles. The largest absolute Gasteiger partial charge is 0.443 e. The van der Waals surface area contributed by atoms with E-state index in [9.17, 15) is 14.0 Å². The first kappa shape index (κ1) is 22.2. The highest BCUT2D eigenvalue weighted by molar-refractivity contribution is 5.97. The number of halogens is 1. The van der Waals surface area contributed by atoms with Crippen molar-refractivity contribution >= 4 is 17.7 Å². The summed E-state index contributed by atoms with van der Waals surface area (Å²) in [4.78, 5) is 31.3. The fourth-order valence-electron chi connectivity index (χ4n) is 2.96. The van der Waals surface area contributed by atoms with Crippen LogP contribution >= 0.6 is 0 Å². The minimum atomic E-state index is -0.665. The number of amides is 1. The van der Waals surface area contributed by atoms with Gasteiger partial charge in [-0.15, -0.1) is 0 Å². The molecule has 0 aliphatic carbocycles. The van der Waals surface area contributed by atoms with E-state index in [-0.39, 0.29) is 18.7 Å². The number of aromatic nitrogens is 1. The Morgan fingerprint density at radius 2 is 1.65 bits per heavy atom. The third kappa shape index (κ3) is 6.47. The van der Waals surface area contributed by atoms with Gasteiger partial charge in [0.05, 0.1) is 6.54 Å². The highest BCUT2D eigenvalue weighted by Gasteiger charge is 2.25. The van der Waals surface area contributed by atoms with Gasteiger partial charge in [-0.05, 0) is 68.3 Å². The molecular formula is C25H25FN2O3. The molecule has 0 unspecified atom stereocenters. The molecule has 160 valence electrons. The summed E-state index contributed by atoms with van der Waals surface area (Å²) in [5.41, 5.74) is 1.37. The zero-order valence-corrected chi connectivity index (χ0v) is 17.8. The first-order chi connectivity index (χ1) is 14.7. The molecule has 0 spiro atoms. The lowest BCUT2D eigenvalue weighted by Crippen LogP contribution is -2.37. The second kappa shape index (κ2) is 9.51. The topological polar surface area (TPSA) is 59.5 Å². The quantitative estimate of drug-likeness (QED) is 0.488. The van der Waals surface area contributed by atoms with E-state index in [0.717, 1.165) is 5.56 Å². The number of ether oxygens (including phenoxy) is 1. The van der Waals surface area contributed by atoms with Gasteiger partial charge in [0.15, 0.2) is 5.78 Å². The summed E-state index contributed by atoms with van der Waals surface area (Å²) in [6, 6.07) is 18.4. The van der Waals surface area contributed by atoms with Gasteiger partial charge in [0.1, 0.15) is 17.2 Å². The molecule has 5 nitrogen and oxygen atoms in total. The molecule has 0 atom stereocenters. The lowest BCUT2D eigenvalue weighted by Gasteiger charge is -2.27. The van der Waals surface area contributed by atoms with Crippen molar-refractivity contribution in [1.29, 1.82) is 0 Å². The zero-order valence-electron chi connectivity index (χ0n) is 17.8. The van der Waals surface area contributed by atoms with E-state index in [1.807, 2.05) is 30.3 Å². The third-order valence-corrected chi connectivity index (χ3v) is 4.41. The maximum Gasteiger partial charge on any atom is 0.416 e. The van der Waals surface area contributed by atoms with Crippen LogP contribution in [0.3, 0.4) is 0 Å². The number of carbonyl (C=O) groups excluding carboxylic acids is 2. The molecule has 0 aliphatic rings. The second-order valence-corrected chi connectivity index (χ2v) is 8.18. The van der Waals surface area contributed by atoms with Crippen molar-refractivity contribution in [2.24, 2.45) is 0 Å². The number of carbonyl (C=O) groups is 2. The molecule has 1 aromatic heterocycles. The van der Waals surface area contributed by atoms with E-state index in [0.29, 0.717) is 16.9 Å². The van der Waals surface area contributed by atoms with Gasteiger partial charge >= 0.3 is 6.09 Å². The second-order valence-electron chi connectivity index (χ2n) is 8.18. The predicted molar refractivity (Wildman–Crippen MR) is 118 cm³/mol. The van der Waals surface area contributed by atoms with Gasteiger partial charge < -0.3 is 4.74 Å². The molecule has 1 amide bonds. The van der Waals surface area contributed by atoms with Crippen molar-refractivity contribution in [1.82, 2.24) is 4.98 Å². The van der Waals surface area contributed by atoms with Crippen molar-refractivity contribution < 1.29 is 18.7 Å². The van der Waals surface area contributed by atoms with Crippen LogP contribution in [0.1, 0.15) is 42.3 Å². The van der Waals surface area contributed by atoms with Gasteiger partial charge in [0.25, 0.3) is 0 Å². The lowest BCUT2D eigenvalue weighted by atomic mass is 10.0.